The Balaban J connectivity index is 1.82. The number of amides is 1. The van der Waals surface area contributed by atoms with Crippen LogP contribution in [0, 0.1) is 0 Å². The van der Waals surface area contributed by atoms with Gasteiger partial charge in [0.25, 0.3) is 5.91 Å². The molecule has 0 aromatic heterocycles. The van der Waals surface area contributed by atoms with E-state index in [1.165, 1.54) is 12.8 Å². The second-order valence-corrected chi connectivity index (χ2v) is 6.19. The van der Waals surface area contributed by atoms with Crippen molar-refractivity contribution >= 4 is 21.8 Å². The number of carbonyl (C=O) groups is 1. The summed E-state index contributed by atoms with van der Waals surface area (Å²) in [5.74, 6) is 0.140. The van der Waals surface area contributed by atoms with Gasteiger partial charge in [0.1, 0.15) is 0 Å². The third-order valence-corrected chi connectivity index (χ3v) is 4.56. The van der Waals surface area contributed by atoms with E-state index in [0.29, 0.717) is 13.2 Å². The maximum atomic E-state index is 12.7. The fourth-order valence-electron chi connectivity index (χ4n) is 3.14. The van der Waals surface area contributed by atoms with Gasteiger partial charge >= 0.3 is 0 Å². The second kappa shape index (κ2) is 5.63. The van der Waals surface area contributed by atoms with Crippen LogP contribution in [0.2, 0.25) is 0 Å². The third kappa shape index (κ3) is 2.70. The molecule has 3 rings (SSSR count). The summed E-state index contributed by atoms with van der Waals surface area (Å²) in [6.07, 6.45) is 4.84. The molecule has 2 atom stereocenters. The number of rotatable bonds is 1. The summed E-state index contributed by atoms with van der Waals surface area (Å²) in [7, 11) is 0. The Hall–Kier alpha value is -0.870. The van der Waals surface area contributed by atoms with Gasteiger partial charge in [0.2, 0.25) is 0 Å². The smallest absolute Gasteiger partial charge is 0.254 e. The number of fused-ring (bicyclic) bond motifs is 1. The fraction of sp³-hybridized carbons (Fsp3) is 0.533. The molecule has 1 aromatic rings. The fourth-order valence-corrected chi connectivity index (χ4v) is 3.54. The van der Waals surface area contributed by atoms with Crippen LogP contribution in [-0.2, 0) is 4.74 Å². The first-order chi connectivity index (χ1) is 9.25. The van der Waals surface area contributed by atoms with Gasteiger partial charge in [-0.15, -0.1) is 0 Å². The van der Waals surface area contributed by atoms with E-state index in [1.54, 1.807) is 0 Å². The van der Waals surface area contributed by atoms with E-state index in [2.05, 4.69) is 15.9 Å². The predicted molar refractivity (Wildman–Crippen MR) is 77.2 cm³/mol. The normalized spacial score (nSPS) is 26.9. The number of benzene rings is 1. The van der Waals surface area contributed by atoms with Crippen molar-refractivity contribution in [2.75, 3.05) is 13.2 Å². The van der Waals surface area contributed by atoms with Crippen molar-refractivity contribution in [3.8, 4) is 0 Å². The van der Waals surface area contributed by atoms with E-state index in [4.69, 9.17) is 4.74 Å². The Morgan fingerprint density at radius 3 is 3.00 bits per heavy atom. The monoisotopic (exact) mass is 323 g/mol. The summed E-state index contributed by atoms with van der Waals surface area (Å²) in [6, 6.07) is 7.92. The highest BCUT2D eigenvalue weighted by Crippen LogP contribution is 2.29. The van der Waals surface area contributed by atoms with Crippen molar-refractivity contribution in [3.63, 3.8) is 0 Å². The van der Waals surface area contributed by atoms with Crippen molar-refractivity contribution in [2.45, 2.75) is 37.8 Å². The van der Waals surface area contributed by atoms with Crippen LogP contribution >= 0.6 is 15.9 Å². The molecule has 1 saturated heterocycles. The molecule has 0 N–H and O–H groups in total. The van der Waals surface area contributed by atoms with Crippen LogP contribution in [0.15, 0.2) is 28.7 Å². The zero-order valence-electron chi connectivity index (χ0n) is 10.8. The molecule has 1 amide bonds. The Kier molecular flexibility index (Phi) is 3.89. The van der Waals surface area contributed by atoms with Crippen LogP contribution in [-0.4, -0.2) is 36.1 Å². The Morgan fingerprint density at radius 2 is 2.16 bits per heavy atom. The van der Waals surface area contributed by atoms with Crippen molar-refractivity contribution < 1.29 is 9.53 Å². The van der Waals surface area contributed by atoms with Crippen molar-refractivity contribution in [3.05, 3.63) is 34.3 Å². The molecule has 4 heteroatoms. The third-order valence-electron chi connectivity index (χ3n) is 4.06. The summed E-state index contributed by atoms with van der Waals surface area (Å²) >= 11 is 3.43. The van der Waals surface area contributed by atoms with Gasteiger partial charge < -0.3 is 9.64 Å². The van der Waals surface area contributed by atoms with Crippen LogP contribution < -0.4 is 0 Å². The number of carbonyl (C=O) groups excluding carboxylic acids is 1. The molecule has 1 aliphatic carbocycles. The molecule has 1 saturated carbocycles. The van der Waals surface area contributed by atoms with E-state index >= 15 is 0 Å². The Labute approximate surface area is 122 Å². The summed E-state index contributed by atoms with van der Waals surface area (Å²) in [6.45, 7) is 1.38. The first-order valence-electron chi connectivity index (χ1n) is 6.94. The minimum absolute atomic E-state index is 0.140. The van der Waals surface area contributed by atoms with Gasteiger partial charge in [0.15, 0.2) is 0 Å². The van der Waals surface area contributed by atoms with Crippen LogP contribution in [0.4, 0.5) is 0 Å². The molecule has 0 radical (unpaired) electrons. The molecular weight excluding hydrogens is 306 g/mol. The maximum Gasteiger partial charge on any atom is 0.254 e. The number of nitrogens with zero attached hydrogens (tertiary/aromatic N) is 1. The number of hydrogen-bond donors (Lipinski definition) is 0. The molecule has 1 aliphatic heterocycles. The van der Waals surface area contributed by atoms with E-state index < -0.39 is 0 Å². The van der Waals surface area contributed by atoms with Gasteiger partial charge in [0, 0.05) is 16.6 Å². The highest BCUT2D eigenvalue weighted by Gasteiger charge is 2.36. The number of hydrogen-bond acceptors (Lipinski definition) is 2. The Morgan fingerprint density at radius 1 is 1.32 bits per heavy atom. The lowest BCUT2D eigenvalue weighted by Crippen LogP contribution is -2.54. The van der Waals surface area contributed by atoms with Crippen LogP contribution in [0.1, 0.15) is 36.0 Å². The summed E-state index contributed by atoms with van der Waals surface area (Å²) < 4.78 is 6.77. The molecule has 1 aromatic carbocycles. The maximum absolute atomic E-state index is 12.7. The molecule has 0 bridgehead atoms. The van der Waals surface area contributed by atoms with Gasteiger partial charge in [0.05, 0.1) is 18.8 Å². The molecule has 0 spiro atoms. The first-order valence-corrected chi connectivity index (χ1v) is 7.73. The number of halogens is 1. The molecular formula is C15H18BrNO2. The van der Waals surface area contributed by atoms with Crippen molar-refractivity contribution in [1.29, 1.82) is 0 Å². The van der Waals surface area contributed by atoms with Crippen LogP contribution in [0.25, 0.3) is 0 Å². The minimum atomic E-state index is 0.140. The summed E-state index contributed by atoms with van der Waals surface area (Å²) in [4.78, 5) is 14.7. The SMILES string of the molecule is O=C(c1cccc(Br)c1)N1CCO[C@@H]2CCCC[C@@H]21. The Bertz CT molecular complexity index is 475. The molecule has 19 heavy (non-hydrogen) atoms. The van der Waals surface area contributed by atoms with Gasteiger partial charge in [-0.2, -0.15) is 0 Å². The van der Waals surface area contributed by atoms with Gasteiger partial charge in [-0.05, 0) is 31.0 Å². The largest absolute Gasteiger partial charge is 0.374 e. The zero-order chi connectivity index (χ0) is 13.2. The van der Waals surface area contributed by atoms with E-state index in [0.717, 1.165) is 22.9 Å². The predicted octanol–water partition coefficient (Wildman–Crippen LogP) is 3.23. The average molecular weight is 324 g/mol. The van der Waals surface area contributed by atoms with Gasteiger partial charge in [-0.3, -0.25) is 4.79 Å². The van der Waals surface area contributed by atoms with E-state index in [1.807, 2.05) is 29.2 Å². The van der Waals surface area contributed by atoms with Crippen LogP contribution in [0.3, 0.4) is 0 Å². The summed E-state index contributed by atoms with van der Waals surface area (Å²) in [5, 5.41) is 0. The first kappa shape index (κ1) is 13.1. The van der Waals surface area contributed by atoms with E-state index in [9.17, 15) is 4.79 Å². The topological polar surface area (TPSA) is 29.5 Å². The molecule has 3 nitrogen and oxygen atoms in total. The standard InChI is InChI=1S/C15H18BrNO2/c16-12-5-3-4-11(10-12)15(18)17-8-9-19-14-7-2-1-6-13(14)17/h3-5,10,13-14H,1-2,6-9H2/t13-,14+/m0/s1. The molecule has 2 aliphatic rings. The second-order valence-electron chi connectivity index (χ2n) is 5.27. The van der Waals surface area contributed by atoms with Crippen molar-refractivity contribution in [1.82, 2.24) is 4.90 Å². The zero-order valence-corrected chi connectivity index (χ0v) is 12.4. The summed E-state index contributed by atoms with van der Waals surface area (Å²) in [5.41, 5.74) is 0.764. The van der Waals surface area contributed by atoms with Gasteiger partial charge in [-0.1, -0.05) is 34.8 Å². The molecule has 1 heterocycles. The molecule has 102 valence electrons. The molecule has 0 unspecified atom stereocenters. The lowest BCUT2D eigenvalue weighted by molar-refractivity contribution is -0.0752. The highest BCUT2D eigenvalue weighted by atomic mass is 79.9. The number of ether oxygens (including phenoxy) is 1. The van der Waals surface area contributed by atoms with Gasteiger partial charge in [-0.25, -0.2) is 0 Å². The lowest BCUT2D eigenvalue weighted by Gasteiger charge is -2.43. The quantitative estimate of drug-likeness (QED) is 0.794. The van der Waals surface area contributed by atoms with E-state index in [-0.39, 0.29) is 18.1 Å². The van der Waals surface area contributed by atoms with Crippen molar-refractivity contribution in [2.24, 2.45) is 0 Å². The number of morpholine rings is 1. The minimum Gasteiger partial charge on any atom is -0.374 e. The molecule has 2 fully saturated rings. The van der Waals surface area contributed by atoms with Crippen LogP contribution in [0.5, 0.6) is 0 Å². The lowest BCUT2D eigenvalue weighted by atomic mass is 9.89. The average Bonchev–Trinajstić information content (AvgIpc) is 2.46. The highest BCUT2D eigenvalue weighted by molar-refractivity contribution is 9.10.